The van der Waals surface area contributed by atoms with Crippen LogP contribution in [0.1, 0.15) is 22.3 Å². The zero-order chi connectivity index (χ0) is 11.5. The second-order valence-electron chi connectivity index (χ2n) is 3.73. The molecule has 3 heteroatoms. The number of ketones is 1. The molecule has 16 heavy (non-hydrogen) atoms. The summed E-state index contributed by atoms with van der Waals surface area (Å²) >= 11 is 1.59. The number of thioether (sulfide) groups is 1. The Morgan fingerprint density at radius 2 is 2.19 bits per heavy atom. The molecule has 0 radical (unpaired) electrons. The molecule has 0 aliphatic heterocycles. The summed E-state index contributed by atoms with van der Waals surface area (Å²) < 4.78 is 5.16. The summed E-state index contributed by atoms with van der Waals surface area (Å²) in [6.45, 7) is 0. The molecule has 0 aromatic heterocycles. The van der Waals surface area contributed by atoms with Gasteiger partial charge in [0.2, 0.25) is 0 Å². The molecule has 2 nitrogen and oxygen atoms in total. The number of hydrogen-bond donors (Lipinski definition) is 0. The van der Waals surface area contributed by atoms with E-state index in [1.54, 1.807) is 18.9 Å². The van der Waals surface area contributed by atoms with Crippen LogP contribution in [0.25, 0.3) is 0 Å². The number of hydrogen-bond acceptors (Lipinski definition) is 3. The molecular formula is C13H14O2S. The Morgan fingerprint density at radius 1 is 1.38 bits per heavy atom. The second kappa shape index (κ2) is 4.74. The average molecular weight is 234 g/mol. The third-order valence-electron chi connectivity index (χ3n) is 2.77. The van der Waals surface area contributed by atoms with Crippen LogP contribution in [0.15, 0.2) is 29.2 Å². The summed E-state index contributed by atoms with van der Waals surface area (Å²) in [5.41, 5.74) is 2.85. The van der Waals surface area contributed by atoms with Crippen molar-refractivity contribution in [2.24, 2.45) is 0 Å². The first kappa shape index (κ1) is 11.3. The van der Waals surface area contributed by atoms with Crippen molar-refractivity contribution in [1.82, 2.24) is 0 Å². The lowest BCUT2D eigenvalue weighted by Gasteiger charge is -2.17. The fourth-order valence-corrected chi connectivity index (χ4v) is 2.45. The lowest BCUT2D eigenvalue weighted by Crippen LogP contribution is -2.13. The van der Waals surface area contributed by atoms with Gasteiger partial charge < -0.3 is 4.74 Å². The smallest absolute Gasteiger partial charge is 0.189 e. The van der Waals surface area contributed by atoms with Crippen molar-refractivity contribution in [1.29, 1.82) is 0 Å². The van der Waals surface area contributed by atoms with Crippen LogP contribution in [0, 0.1) is 0 Å². The minimum atomic E-state index is 0.165. The van der Waals surface area contributed by atoms with Crippen LogP contribution in [0.3, 0.4) is 0 Å². The Kier molecular flexibility index (Phi) is 3.34. The summed E-state index contributed by atoms with van der Waals surface area (Å²) in [7, 11) is 1.64. The van der Waals surface area contributed by atoms with E-state index in [1.807, 2.05) is 29.9 Å². The summed E-state index contributed by atoms with van der Waals surface area (Å²) in [4.78, 5) is 12.1. The molecule has 0 heterocycles. The highest BCUT2D eigenvalue weighted by molar-refractivity contribution is 8.01. The van der Waals surface area contributed by atoms with Gasteiger partial charge in [-0.1, -0.05) is 0 Å². The van der Waals surface area contributed by atoms with Crippen molar-refractivity contribution >= 4 is 17.5 Å². The standard InChI is InChI=1S/C13H14O2S/c1-15-11-5-6-12-9(7-11)3-4-10(8-16-2)13(12)14/h5-8H,3-4H2,1-2H3/b10-8+. The molecule has 0 fully saturated rings. The molecule has 0 atom stereocenters. The lowest BCUT2D eigenvalue weighted by molar-refractivity contribution is 0.102. The van der Waals surface area contributed by atoms with Crippen LogP contribution in [0.4, 0.5) is 0 Å². The highest BCUT2D eigenvalue weighted by atomic mass is 32.2. The summed E-state index contributed by atoms with van der Waals surface area (Å²) in [6.07, 6.45) is 3.73. The van der Waals surface area contributed by atoms with Crippen LogP contribution in [0.5, 0.6) is 5.75 Å². The van der Waals surface area contributed by atoms with Crippen LogP contribution in [0.2, 0.25) is 0 Å². The molecule has 0 bridgehead atoms. The fraction of sp³-hybridized carbons (Fsp3) is 0.308. The number of methoxy groups -OCH3 is 1. The number of ether oxygens (including phenoxy) is 1. The number of benzene rings is 1. The van der Waals surface area contributed by atoms with Gasteiger partial charge in [-0.25, -0.2) is 0 Å². The zero-order valence-corrected chi connectivity index (χ0v) is 10.3. The molecule has 1 aromatic rings. The largest absolute Gasteiger partial charge is 0.497 e. The van der Waals surface area contributed by atoms with Gasteiger partial charge in [0.25, 0.3) is 0 Å². The van der Waals surface area contributed by atoms with Crippen LogP contribution in [-0.2, 0) is 6.42 Å². The maximum Gasteiger partial charge on any atom is 0.189 e. The van der Waals surface area contributed by atoms with Crippen molar-refractivity contribution in [2.75, 3.05) is 13.4 Å². The topological polar surface area (TPSA) is 26.3 Å². The van der Waals surface area contributed by atoms with E-state index in [0.29, 0.717) is 0 Å². The van der Waals surface area contributed by atoms with E-state index in [-0.39, 0.29) is 5.78 Å². The number of Topliss-reactive ketones (excluding diaryl/α,β-unsaturated/α-hetero) is 1. The lowest BCUT2D eigenvalue weighted by atomic mass is 9.87. The number of rotatable bonds is 2. The van der Waals surface area contributed by atoms with Crippen LogP contribution >= 0.6 is 11.8 Å². The van der Waals surface area contributed by atoms with Crippen molar-refractivity contribution < 1.29 is 9.53 Å². The van der Waals surface area contributed by atoms with E-state index in [0.717, 1.165) is 35.3 Å². The second-order valence-corrected chi connectivity index (χ2v) is 4.44. The van der Waals surface area contributed by atoms with Gasteiger partial charge in [0.15, 0.2) is 5.78 Å². The Balaban J connectivity index is 2.39. The van der Waals surface area contributed by atoms with E-state index >= 15 is 0 Å². The van der Waals surface area contributed by atoms with Gasteiger partial charge >= 0.3 is 0 Å². The SMILES string of the molecule is COc1ccc2c(c1)CC/C(=C\SC)C2=O. The van der Waals surface area contributed by atoms with Gasteiger partial charge in [0.05, 0.1) is 7.11 Å². The van der Waals surface area contributed by atoms with Gasteiger partial charge in [-0.2, -0.15) is 0 Å². The average Bonchev–Trinajstić information content (AvgIpc) is 2.32. The monoisotopic (exact) mass is 234 g/mol. The maximum absolute atomic E-state index is 12.1. The predicted octanol–water partition coefficient (Wildman–Crippen LogP) is 3.07. The molecule has 0 unspecified atom stereocenters. The first-order valence-corrected chi connectivity index (χ1v) is 6.48. The van der Waals surface area contributed by atoms with Crippen molar-refractivity contribution in [3.05, 3.63) is 40.3 Å². The van der Waals surface area contributed by atoms with Crippen molar-refractivity contribution in [3.8, 4) is 5.75 Å². The third-order valence-corrected chi connectivity index (χ3v) is 3.29. The molecule has 0 spiro atoms. The third kappa shape index (κ3) is 2.00. The highest BCUT2D eigenvalue weighted by Gasteiger charge is 2.21. The maximum atomic E-state index is 12.1. The summed E-state index contributed by atoms with van der Waals surface area (Å²) in [5.74, 6) is 0.988. The molecule has 1 aromatic carbocycles. The van der Waals surface area contributed by atoms with Gasteiger partial charge in [0.1, 0.15) is 5.75 Å². The molecule has 2 rings (SSSR count). The molecule has 84 valence electrons. The van der Waals surface area contributed by atoms with Gasteiger partial charge in [-0.15, -0.1) is 11.8 Å². The van der Waals surface area contributed by atoms with E-state index in [4.69, 9.17) is 4.74 Å². The Hall–Kier alpha value is -1.22. The summed E-state index contributed by atoms with van der Waals surface area (Å²) in [6, 6.07) is 5.67. The number of allylic oxidation sites excluding steroid dienone is 1. The van der Waals surface area contributed by atoms with Crippen LogP contribution < -0.4 is 4.74 Å². The molecule has 1 aliphatic carbocycles. The number of carbonyl (C=O) groups excluding carboxylic acids is 1. The molecule has 1 aliphatic rings. The Bertz CT molecular complexity index is 449. The van der Waals surface area contributed by atoms with Crippen molar-refractivity contribution in [3.63, 3.8) is 0 Å². The summed E-state index contributed by atoms with van der Waals surface area (Å²) in [5, 5.41) is 1.95. The quantitative estimate of drug-likeness (QED) is 0.736. The first-order chi connectivity index (χ1) is 7.76. The van der Waals surface area contributed by atoms with Gasteiger partial charge in [0, 0.05) is 11.1 Å². The van der Waals surface area contributed by atoms with E-state index < -0.39 is 0 Å². The van der Waals surface area contributed by atoms with Gasteiger partial charge in [-0.3, -0.25) is 4.79 Å². The fourth-order valence-electron chi connectivity index (χ4n) is 1.94. The van der Waals surface area contributed by atoms with E-state index in [1.165, 1.54) is 0 Å². The Morgan fingerprint density at radius 3 is 2.88 bits per heavy atom. The minimum Gasteiger partial charge on any atom is -0.497 e. The molecular weight excluding hydrogens is 220 g/mol. The number of carbonyl (C=O) groups is 1. The predicted molar refractivity (Wildman–Crippen MR) is 67.2 cm³/mol. The van der Waals surface area contributed by atoms with Crippen molar-refractivity contribution in [2.45, 2.75) is 12.8 Å². The van der Waals surface area contributed by atoms with Crippen LogP contribution in [-0.4, -0.2) is 19.1 Å². The molecule has 0 saturated carbocycles. The molecule has 0 amide bonds. The van der Waals surface area contributed by atoms with Gasteiger partial charge in [-0.05, 0) is 48.3 Å². The minimum absolute atomic E-state index is 0.165. The number of aryl methyl sites for hydroxylation is 1. The number of fused-ring (bicyclic) bond motifs is 1. The Labute approximate surface area is 99.7 Å². The normalized spacial score (nSPS) is 17.4. The highest BCUT2D eigenvalue weighted by Crippen LogP contribution is 2.29. The van der Waals surface area contributed by atoms with E-state index in [2.05, 4.69) is 0 Å². The van der Waals surface area contributed by atoms with E-state index in [9.17, 15) is 4.79 Å². The zero-order valence-electron chi connectivity index (χ0n) is 9.45. The molecule has 0 N–H and O–H groups in total. The first-order valence-electron chi connectivity index (χ1n) is 5.19. The molecule has 0 saturated heterocycles.